The van der Waals surface area contributed by atoms with Crippen molar-refractivity contribution in [2.75, 3.05) is 0 Å². The van der Waals surface area contributed by atoms with Crippen molar-refractivity contribution in [1.29, 1.82) is 0 Å². The number of nitrogens with zero attached hydrogens (tertiary/aromatic N) is 1. The average Bonchev–Trinajstić information content (AvgIpc) is 3.11. The van der Waals surface area contributed by atoms with E-state index >= 15 is 0 Å². The number of benzene rings is 1. The monoisotopic (exact) mass is 297 g/mol. The molecule has 3 rings (SSSR count). The predicted octanol–water partition coefficient (Wildman–Crippen LogP) is 3.31. The Morgan fingerprint density at radius 3 is 2.58 bits per heavy atom. The molecule has 0 spiro atoms. The van der Waals surface area contributed by atoms with Gasteiger partial charge >= 0.3 is 0 Å². The highest BCUT2D eigenvalue weighted by molar-refractivity contribution is 6.42. The van der Waals surface area contributed by atoms with Gasteiger partial charge in [-0.1, -0.05) is 29.3 Å². The SMILES string of the molecule is NC(=NC1CC1)NC1CC(c2ccc(Cl)c(Cl)c2)C1. The standard InChI is InChI=1S/C14H17Cl2N3/c15-12-4-1-8(7-13(12)16)9-5-11(6-9)19-14(17)18-10-2-3-10/h1,4,7,9-11H,2-3,5-6H2,(H3,17,18,19). The third kappa shape index (κ3) is 3.15. The summed E-state index contributed by atoms with van der Waals surface area (Å²) >= 11 is 12.0. The van der Waals surface area contributed by atoms with Crippen molar-refractivity contribution in [3.63, 3.8) is 0 Å². The Kier molecular flexibility index (Phi) is 3.59. The van der Waals surface area contributed by atoms with Gasteiger partial charge in [0.05, 0.1) is 16.1 Å². The van der Waals surface area contributed by atoms with Gasteiger partial charge in [0.15, 0.2) is 5.96 Å². The maximum atomic E-state index is 6.04. The average molecular weight is 298 g/mol. The molecule has 2 saturated carbocycles. The minimum Gasteiger partial charge on any atom is -0.370 e. The van der Waals surface area contributed by atoms with E-state index in [4.69, 9.17) is 28.9 Å². The summed E-state index contributed by atoms with van der Waals surface area (Å²) in [5.74, 6) is 1.14. The zero-order chi connectivity index (χ0) is 13.4. The smallest absolute Gasteiger partial charge is 0.189 e. The zero-order valence-electron chi connectivity index (χ0n) is 10.6. The second-order valence-electron chi connectivity index (χ2n) is 5.43. The van der Waals surface area contributed by atoms with E-state index in [9.17, 15) is 0 Å². The van der Waals surface area contributed by atoms with Crippen LogP contribution in [0, 0.1) is 0 Å². The van der Waals surface area contributed by atoms with Crippen molar-refractivity contribution in [3.8, 4) is 0 Å². The lowest BCUT2D eigenvalue weighted by Crippen LogP contribution is -2.46. The van der Waals surface area contributed by atoms with Crippen LogP contribution in [0.15, 0.2) is 23.2 Å². The second kappa shape index (κ2) is 5.22. The lowest BCUT2D eigenvalue weighted by Gasteiger charge is -2.36. The lowest BCUT2D eigenvalue weighted by atomic mass is 9.76. The van der Waals surface area contributed by atoms with E-state index in [0.29, 0.717) is 34.0 Å². The minimum atomic E-state index is 0.432. The summed E-state index contributed by atoms with van der Waals surface area (Å²) in [6, 6.07) is 6.78. The van der Waals surface area contributed by atoms with Crippen molar-refractivity contribution >= 4 is 29.2 Å². The minimum absolute atomic E-state index is 0.432. The molecule has 2 fully saturated rings. The molecule has 2 aliphatic carbocycles. The van der Waals surface area contributed by atoms with Crippen LogP contribution in [0.2, 0.25) is 10.0 Å². The first kappa shape index (κ1) is 13.1. The molecule has 0 aromatic heterocycles. The third-order valence-electron chi connectivity index (χ3n) is 3.77. The summed E-state index contributed by atoms with van der Waals surface area (Å²) in [6.07, 6.45) is 4.50. The molecule has 3 N–H and O–H groups in total. The first-order chi connectivity index (χ1) is 9.11. The van der Waals surface area contributed by atoms with E-state index in [1.165, 1.54) is 18.4 Å². The van der Waals surface area contributed by atoms with Gasteiger partial charge in [-0.2, -0.15) is 0 Å². The van der Waals surface area contributed by atoms with Gasteiger partial charge in [-0.05, 0) is 49.3 Å². The molecule has 19 heavy (non-hydrogen) atoms. The fourth-order valence-corrected chi connectivity index (χ4v) is 2.73. The number of nitrogens with two attached hydrogens (primary N) is 1. The number of aliphatic imine (C=N–C) groups is 1. The molecule has 0 unspecified atom stereocenters. The van der Waals surface area contributed by atoms with Crippen LogP contribution >= 0.6 is 23.2 Å². The summed E-state index contributed by atoms with van der Waals surface area (Å²) in [7, 11) is 0. The molecular weight excluding hydrogens is 281 g/mol. The molecule has 0 amide bonds. The Hall–Kier alpha value is -0.930. The van der Waals surface area contributed by atoms with Crippen LogP contribution in [0.25, 0.3) is 0 Å². The molecule has 0 aliphatic heterocycles. The van der Waals surface area contributed by atoms with E-state index in [0.717, 1.165) is 12.8 Å². The van der Waals surface area contributed by atoms with Gasteiger partial charge in [0.2, 0.25) is 0 Å². The highest BCUT2D eigenvalue weighted by atomic mass is 35.5. The Morgan fingerprint density at radius 2 is 1.95 bits per heavy atom. The van der Waals surface area contributed by atoms with Gasteiger partial charge in [-0.15, -0.1) is 0 Å². The van der Waals surface area contributed by atoms with E-state index in [1.807, 2.05) is 12.1 Å². The summed E-state index contributed by atoms with van der Waals surface area (Å²) < 4.78 is 0. The molecule has 0 bridgehead atoms. The predicted molar refractivity (Wildman–Crippen MR) is 80.0 cm³/mol. The molecule has 1 aromatic rings. The van der Waals surface area contributed by atoms with E-state index in [-0.39, 0.29) is 0 Å². The summed E-state index contributed by atoms with van der Waals surface area (Å²) in [5, 5.41) is 4.52. The Labute approximate surface area is 123 Å². The summed E-state index contributed by atoms with van der Waals surface area (Å²) in [4.78, 5) is 4.38. The van der Waals surface area contributed by atoms with Crippen LogP contribution in [-0.4, -0.2) is 18.0 Å². The van der Waals surface area contributed by atoms with Crippen LogP contribution < -0.4 is 11.1 Å². The zero-order valence-corrected chi connectivity index (χ0v) is 12.1. The molecular formula is C14H17Cl2N3. The summed E-state index contributed by atoms with van der Waals surface area (Å²) in [6.45, 7) is 0. The molecule has 3 nitrogen and oxygen atoms in total. The highest BCUT2D eigenvalue weighted by Gasteiger charge is 2.31. The summed E-state index contributed by atoms with van der Waals surface area (Å²) in [5.41, 5.74) is 7.11. The Balaban J connectivity index is 1.53. The number of hydrogen-bond donors (Lipinski definition) is 2. The van der Waals surface area contributed by atoms with Gasteiger partial charge in [0, 0.05) is 6.04 Å². The largest absolute Gasteiger partial charge is 0.370 e. The fourth-order valence-electron chi connectivity index (χ4n) is 2.42. The maximum absolute atomic E-state index is 6.04. The first-order valence-corrected chi connectivity index (χ1v) is 7.42. The van der Waals surface area contributed by atoms with Crippen molar-refractivity contribution in [2.24, 2.45) is 10.7 Å². The normalized spacial score (nSPS) is 26.9. The van der Waals surface area contributed by atoms with Gasteiger partial charge < -0.3 is 11.1 Å². The number of guanidine groups is 1. The topological polar surface area (TPSA) is 50.4 Å². The first-order valence-electron chi connectivity index (χ1n) is 6.66. The highest BCUT2D eigenvalue weighted by Crippen LogP contribution is 2.38. The second-order valence-corrected chi connectivity index (χ2v) is 6.24. The molecule has 0 radical (unpaired) electrons. The van der Waals surface area contributed by atoms with E-state index in [2.05, 4.69) is 16.4 Å². The molecule has 0 saturated heterocycles. The van der Waals surface area contributed by atoms with Crippen molar-refractivity contribution in [2.45, 2.75) is 43.7 Å². The van der Waals surface area contributed by atoms with Crippen LogP contribution in [0.3, 0.4) is 0 Å². The van der Waals surface area contributed by atoms with Crippen LogP contribution in [-0.2, 0) is 0 Å². The lowest BCUT2D eigenvalue weighted by molar-refractivity contribution is 0.323. The van der Waals surface area contributed by atoms with Crippen molar-refractivity contribution in [1.82, 2.24) is 5.32 Å². The Bertz CT molecular complexity index is 505. The van der Waals surface area contributed by atoms with E-state index < -0.39 is 0 Å². The quantitative estimate of drug-likeness (QED) is 0.664. The van der Waals surface area contributed by atoms with Gasteiger partial charge in [0.25, 0.3) is 0 Å². The molecule has 2 aliphatic rings. The van der Waals surface area contributed by atoms with Crippen LogP contribution in [0.1, 0.15) is 37.2 Å². The Morgan fingerprint density at radius 1 is 1.21 bits per heavy atom. The van der Waals surface area contributed by atoms with Crippen molar-refractivity contribution < 1.29 is 0 Å². The van der Waals surface area contributed by atoms with Crippen LogP contribution in [0.5, 0.6) is 0 Å². The maximum Gasteiger partial charge on any atom is 0.189 e. The number of rotatable bonds is 3. The van der Waals surface area contributed by atoms with Gasteiger partial charge in [-0.25, -0.2) is 0 Å². The molecule has 1 aromatic carbocycles. The third-order valence-corrected chi connectivity index (χ3v) is 4.51. The molecule has 102 valence electrons. The number of halogens is 2. The molecule has 0 atom stereocenters. The van der Waals surface area contributed by atoms with Crippen LogP contribution in [0.4, 0.5) is 0 Å². The fraction of sp³-hybridized carbons (Fsp3) is 0.500. The van der Waals surface area contributed by atoms with E-state index in [1.54, 1.807) is 0 Å². The molecule has 5 heteroatoms. The number of hydrogen-bond acceptors (Lipinski definition) is 1. The number of nitrogens with one attached hydrogen (secondary N) is 1. The van der Waals surface area contributed by atoms with Gasteiger partial charge in [0.1, 0.15) is 0 Å². The van der Waals surface area contributed by atoms with Gasteiger partial charge in [-0.3, -0.25) is 4.99 Å². The van der Waals surface area contributed by atoms with Crippen molar-refractivity contribution in [3.05, 3.63) is 33.8 Å². The molecule has 0 heterocycles.